The third-order valence-electron chi connectivity index (χ3n) is 4.05. The van der Waals surface area contributed by atoms with Crippen LogP contribution in [-0.4, -0.2) is 44.1 Å². The molecule has 146 valence electrons. The van der Waals surface area contributed by atoms with E-state index < -0.39 is 21.7 Å². The van der Waals surface area contributed by atoms with Crippen LogP contribution in [0, 0.1) is 5.92 Å². The van der Waals surface area contributed by atoms with E-state index in [9.17, 15) is 13.2 Å². The number of halogens is 1. The summed E-state index contributed by atoms with van der Waals surface area (Å²) in [7, 11) is -3.42. The summed E-state index contributed by atoms with van der Waals surface area (Å²) in [6, 6.07) is 6.90. The highest BCUT2D eigenvalue weighted by Crippen LogP contribution is 2.22. The lowest BCUT2D eigenvalue weighted by molar-refractivity contribution is 0.0513. The Morgan fingerprint density at radius 2 is 2.12 bits per heavy atom. The summed E-state index contributed by atoms with van der Waals surface area (Å²) in [5, 5.41) is 3.26. The van der Waals surface area contributed by atoms with Gasteiger partial charge in [0, 0.05) is 24.7 Å². The molecule has 1 saturated heterocycles. The minimum atomic E-state index is -3.42. The molecule has 8 heteroatoms. The van der Waals surface area contributed by atoms with Crippen LogP contribution >= 0.6 is 11.6 Å². The van der Waals surface area contributed by atoms with Gasteiger partial charge in [-0.3, -0.25) is 0 Å². The van der Waals surface area contributed by atoms with E-state index in [-0.39, 0.29) is 11.7 Å². The number of rotatable bonds is 5. The molecule has 1 atom stereocenters. The van der Waals surface area contributed by atoms with E-state index in [4.69, 9.17) is 16.3 Å². The van der Waals surface area contributed by atoms with Crippen LogP contribution in [0.3, 0.4) is 0 Å². The Morgan fingerprint density at radius 3 is 2.77 bits per heavy atom. The van der Waals surface area contributed by atoms with E-state index in [0.29, 0.717) is 30.2 Å². The van der Waals surface area contributed by atoms with E-state index in [0.717, 1.165) is 12.8 Å². The number of ether oxygens (including phenoxy) is 1. The van der Waals surface area contributed by atoms with Gasteiger partial charge in [0.05, 0.1) is 5.75 Å². The van der Waals surface area contributed by atoms with Gasteiger partial charge in [-0.15, -0.1) is 0 Å². The van der Waals surface area contributed by atoms with Crippen molar-refractivity contribution in [3.05, 3.63) is 34.9 Å². The number of piperidine rings is 1. The topological polar surface area (TPSA) is 75.7 Å². The fourth-order valence-electron chi connectivity index (χ4n) is 2.92. The zero-order valence-corrected chi connectivity index (χ0v) is 17.1. The average Bonchev–Trinajstić information content (AvgIpc) is 2.51. The van der Waals surface area contributed by atoms with E-state index in [2.05, 4.69) is 5.32 Å². The Hall–Kier alpha value is -1.31. The van der Waals surface area contributed by atoms with Crippen LogP contribution in [0.1, 0.15) is 39.2 Å². The number of nitrogens with zero attached hydrogens (tertiary/aromatic N) is 1. The first kappa shape index (κ1) is 21.0. The molecule has 1 amide bonds. The second-order valence-electron chi connectivity index (χ2n) is 7.64. The van der Waals surface area contributed by atoms with Gasteiger partial charge < -0.3 is 10.1 Å². The van der Waals surface area contributed by atoms with Crippen molar-refractivity contribution in [2.75, 3.05) is 19.6 Å². The Bertz CT molecular complexity index is 731. The highest BCUT2D eigenvalue weighted by molar-refractivity contribution is 7.88. The van der Waals surface area contributed by atoms with Gasteiger partial charge in [0.2, 0.25) is 10.0 Å². The van der Waals surface area contributed by atoms with E-state index in [1.165, 1.54) is 4.31 Å². The Labute approximate surface area is 160 Å². The van der Waals surface area contributed by atoms with Crippen LogP contribution in [0.25, 0.3) is 0 Å². The predicted octanol–water partition coefficient (Wildman–Crippen LogP) is 3.41. The van der Waals surface area contributed by atoms with Crippen molar-refractivity contribution >= 4 is 27.7 Å². The van der Waals surface area contributed by atoms with Crippen molar-refractivity contribution in [3.8, 4) is 0 Å². The summed E-state index contributed by atoms with van der Waals surface area (Å²) in [6.07, 6.45) is 1.17. The second-order valence-corrected chi connectivity index (χ2v) is 10.0. The maximum Gasteiger partial charge on any atom is 0.407 e. The van der Waals surface area contributed by atoms with Gasteiger partial charge in [0.15, 0.2) is 0 Å². The summed E-state index contributed by atoms with van der Waals surface area (Å²) in [5.74, 6) is 0.00478. The number of hydrogen-bond acceptors (Lipinski definition) is 4. The zero-order chi connectivity index (χ0) is 19.4. The summed E-state index contributed by atoms with van der Waals surface area (Å²) < 4.78 is 32.1. The minimum Gasteiger partial charge on any atom is -0.444 e. The van der Waals surface area contributed by atoms with E-state index in [1.54, 1.807) is 45.0 Å². The van der Waals surface area contributed by atoms with Crippen LogP contribution in [0.15, 0.2) is 24.3 Å². The number of hydrogen-bond donors (Lipinski definition) is 1. The Balaban J connectivity index is 1.91. The van der Waals surface area contributed by atoms with Gasteiger partial charge in [0.25, 0.3) is 0 Å². The van der Waals surface area contributed by atoms with Gasteiger partial charge in [-0.1, -0.05) is 23.7 Å². The van der Waals surface area contributed by atoms with Gasteiger partial charge in [-0.05, 0) is 57.2 Å². The monoisotopic (exact) mass is 402 g/mol. The number of carbonyl (C=O) groups excluding carboxylic acids is 1. The van der Waals surface area contributed by atoms with Crippen molar-refractivity contribution in [1.82, 2.24) is 9.62 Å². The van der Waals surface area contributed by atoms with Crippen LogP contribution < -0.4 is 5.32 Å². The van der Waals surface area contributed by atoms with Crippen molar-refractivity contribution < 1.29 is 17.9 Å². The number of carbonyl (C=O) groups is 1. The number of nitrogens with one attached hydrogen (secondary N) is 1. The molecule has 1 fully saturated rings. The van der Waals surface area contributed by atoms with Gasteiger partial charge >= 0.3 is 6.09 Å². The molecule has 1 heterocycles. The first-order valence-corrected chi connectivity index (χ1v) is 10.7. The van der Waals surface area contributed by atoms with Crippen molar-refractivity contribution in [3.63, 3.8) is 0 Å². The maximum atomic E-state index is 12.7. The smallest absolute Gasteiger partial charge is 0.407 e. The molecule has 1 aliphatic rings. The lowest BCUT2D eigenvalue weighted by Gasteiger charge is -2.32. The first-order valence-electron chi connectivity index (χ1n) is 8.74. The zero-order valence-electron chi connectivity index (χ0n) is 15.5. The van der Waals surface area contributed by atoms with Gasteiger partial charge in [0.1, 0.15) is 5.60 Å². The maximum absolute atomic E-state index is 12.7. The van der Waals surface area contributed by atoms with Crippen molar-refractivity contribution in [1.29, 1.82) is 0 Å². The van der Waals surface area contributed by atoms with E-state index >= 15 is 0 Å². The lowest BCUT2D eigenvalue weighted by Crippen LogP contribution is -2.44. The SMILES string of the molecule is CC(C)(C)OC(=O)NC[C@@H]1CCCN(S(=O)(=O)Cc2cccc(Cl)c2)C1. The fourth-order valence-corrected chi connectivity index (χ4v) is 4.76. The molecule has 1 aromatic rings. The predicted molar refractivity (Wildman–Crippen MR) is 103 cm³/mol. The lowest BCUT2D eigenvalue weighted by atomic mass is 10.00. The minimum absolute atomic E-state index is 0.0697. The molecule has 0 aliphatic carbocycles. The normalized spacial score (nSPS) is 19.2. The summed E-state index contributed by atoms with van der Waals surface area (Å²) >= 11 is 5.94. The molecule has 0 aromatic heterocycles. The van der Waals surface area contributed by atoms with Crippen molar-refractivity contribution in [2.24, 2.45) is 5.92 Å². The number of benzene rings is 1. The summed E-state index contributed by atoms with van der Waals surface area (Å²) in [6.45, 7) is 6.72. The van der Waals surface area contributed by atoms with Gasteiger partial charge in [-0.25, -0.2) is 17.5 Å². The molecule has 0 unspecified atom stereocenters. The Morgan fingerprint density at radius 1 is 1.38 bits per heavy atom. The van der Waals surface area contributed by atoms with Crippen LogP contribution in [0.4, 0.5) is 4.79 Å². The highest BCUT2D eigenvalue weighted by Gasteiger charge is 2.29. The molecular formula is C18H27ClN2O4S. The number of alkyl carbamates (subject to hydrolysis) is 1. The molecule has 6 nitrogen and oxygen atoms in total. The quantitative estimate of drug-likeness (QED) is 0.818. The fraction of sp³-hybridized carbons (Fsp3) is 0.611. The third-order valence-corrected chi connectivity index (χ3v) is 6.10. The standard InChI is InChI=1S/C18H27ClN2O4S/c1-18(2,3)25-17(22)20-11-15-7-5-9-21(12-15)26(23,24)13-14-6-4-8-16(19)10-14/h4,6,8,10,15H,5,7,9,11-13H2,1-3H3,(H,20,22)/t15-/m0/s1. The molecule has 26 heavy (non-hydrogen) atoms. The average molecular weight is 403 g/mol. The number of amides is 1. The summed E-state index contributed by atoms with van der Waals surface area (Å²) in [5.41, 5.74) is 0.120. The van der Waals surface area contributed by atoms with Crippen LogP contribution in [-0.2, 0) is 20.5 Å². The van der Waals surface area contributed by atoms with Crippen molar-refractivity contribution in [2.45, 2.75) is 45.0 Å². The molecule has 2 rings (SSSR count). The molecule has 0 bridgehead atoms. The molecule has 0 spiro atoms. The van der Waals surface area contributed by atoms with Crippen LogP contribution in [0.5, 0.6) is 0 Å². The van der Waals surface area contributed by atoms with E-state index in [1.807, 2.05) is 0 Å². The molecular weight excluding hydrogens is 376 g/mol. The third kappa shape index (κ3) is 6.78. The number of sulfonamides is 1. The molecule has 0 radical (unpaired) electrons. The summed E-state index contributed by atoms with van der Waals surface area (Å²) in [4.78, 5) is 11.8. The Kier molecular flexibility index (Phi) is 6.93. The second kappa shape index (κ2) is 8.59. The molecule has 1 aliphatic heterocycles. The molecule has 1 N–H and O–H groups in total. The molecule has 0 saturated carbocycles. The van der Waals surface area contributed by atoms with Crippen LogP contribution in [0.2, 0.25) is 5.02 Å². The largest absolute Gasteiger partial charge is 0.444 e. The van der Waals surface area contributed by atoms with Gasteiger partial charge in [-0.2, -0.15) is 0 Å². The highest BCUT2D eigenvalue weighted by atomic mass is 35.5. The molecule has 1 aromatic carbocycles. The first-order chi connectivity index (χ1) is 12.0.